The highest BCUT2D eigenvalue weighted by Crippen LogP contribution is 2.45. The molecule has 0 bridgehead atoms. The number of carbonyl (C=O) groups is 2. The maximum absolute atomic E-state index is 15.4. The van der Waals surface area contributed by atoms with Gasteiger partial charge in [0.1, 0.15) is 17.6 Å². The van der Waals surface area contributed by atoms with Crippen LogP contribution in [0.3, 0.4) is 0 Å². The molecule has 4 N–H and O–H groups in total. The zero-order valence-electron chi connectivity index (χ0n) is 17.8. The van der Waals surface area contributed by atoms with Crippen LogP contribution in [0.15, 0.2) is 24.8 Å². The average Bonchev–Trinajstić information content (AvgIpc) is 3.15. The van der Waals surface area contributed by atoms with Crippen LogP contribution in [0.2, 0.25) is 0 Å². The second-order valence-corrected chi connectivity index (χ2v) is 8.27. The molecular formula is C21H16F5N7O2. The van der Waals surface area contributed by atoms with Crippen molar-refractivity contribution in [2.75, 3.05) is 5.32 Å². The van der Waals surface area contributed by atoms with Gasteiger partial charge in [-0.15, -0.1) is 0 Å². The van der Waals surface area contributed by atoms with Gasteiger partial charge in [-0.05, 0) is 13.3 Å². The van der Waals surface area contributed by atoms with Crippen LogP contribution in [0, 0.1) is 11.7 Å². The van der Waals surface area contributed by atoms with Gasteiger partial charge in [0.05, 0.1) is 41.6 Å². The van der Waals surface area contributed by atoms with Crippen LogP contribution in [0.5, 0.6) is 0 Å². The van der Waals surface area contributed by atoms with Crippen molar-refractivity contribution in [3.63, 3.8) is 0 Å². The second-order valence-electron chi connectivity index (χ2n) is 8.27. The van der Waals surface area contributed by atoms with Crippen molar-refractivity contribution in [3.8, 4) is 11.3 Å². The van der Waals surface area contributed by atoms with Crippen molar-refractivity contribution in [1.82, 2.24) is 24.6 Å². The van der Waals surface area contributed by atoms with Gasteiger partial charge in [-0.3, -0.25) is 19.7 Å². The van der Waals surface area contributed by atoms with Crippen molar-refractivity contribution in [2.45, 2.75) is 31.6 Å². The predicted octanol–water partition coefficient (Wildman–Crippen LogP) is 3.32. The van der Waals surface area contributed by atoms with Crippen LogP contribution < -0.4 is 11.1 Å². The van der Waals surface area contributed by atoms with Gasteiger partial charge in [-0.25, -0.2) is 13.8 Å². The van der Waals surface area contributed by atoms with Crippen molar-refractivity contribution < 1.29 is 31.5 Å². The Bertz CT molecular complexity index is 1510. The van der Waals surface area contributed by atoms with E-state index in [2.05, 4.69) is 25.5 Å². The smallest absolute Gasteiger partial charge is 0.369 e. The molecule has 0 aliphatic heterocycles. The van der Waals surface area contributed by atoms with Crippen LogP contribution >= 0.6 is 0 Å². The number of halogens is 5. The number of primary amides is 1. The molecule has 3 heterocycles. The topological polar surface area (TPSA) is 131 Å². The summed E-state index contributed by atoms with van der Waals surface area (Å²) in [7, 11) is 0. The number of nitrogens with two attached hydrogens (primary N) is 1. The van der Waals surface area contributed by atoms with E-state index in [1.54, 1.807) is 0 Å². The number of nitrogens with one attached hydrogen (secondary N) is 2. The predicted molar refractivity (Wildman–Crippen MR) is 112 cm³/mol. The minimum absolute atomic E-state index is 0.0503. The highest BCUT2D eigenvalue weighted by Gasteiger charge is 2.44. The van der Waals surface area contributed by atoms with Gasteiger partial charge in [-0.1, -0.05) is 0 Å². The van der Waals surface area contributed by atoms with Gasteiger partial charge in [0.15, 0.2) is 11.5 Å². The number of rotatable bonds is 5. The number of aromatic amines is 1. The summed E-state index contributed by atoms with van der Waals surface area (Å²) in [5.74, 6) is -5.33. The molecule has 5 rings (SSSR count). The van der Waals surface area contributed by atoms with Gasteiger partial charge in [0.25, 0.3) is 0 Å². The zero-order chi connectivity index (χ0) is 25.2. The molecule has 2 amide bonds. The first-order valence-corrected chi connectivity index (χ1v) is 10.3. The monoisotopic (exact) mass is 493 g/mol. The number of alkyl halides is 4. The summed E-state index contributed by atoms with van der Waals surface area (Å²) in [5, 5.41) is 8.52. The normalized spacial score (nSPS) is 18.7. The Hall–Kier alpha value is -4.10. The Labute approximate surface area is 192 Å². The van der Waals surface area contributed by atoms with E-state index in [1.807, 2.05) is 0 Å². The van der Waals surface area contributed by atoms with Gasteiger partial charge in [0, 0.05) is 22.7 Å². The first-order chi connectivity index (χ1) is 16.5. The number of fused-ring (bicyclic) bond motifs is 2. The third kappa shape index (κ3) is 3.74. The molecule has 3 atom stereocenters. The molecule has 3 aromatic heterocycles. The van der Waals surface area contributed by atoms with E-state index in [9.17, 15) is 27.2 Å². The van der Waals surface area contributed by atoms with Crippen LogP contribution in [-0.4, -0.2) is 42.6 Å². The number of imidazole rings is 1. The van der Waals surface area contributed by atoms with Crippen LogP contribution in [-0.2, 0) is 15.8 Å². The lowest BCUT2D eigenvalue weighted by Gasteiger charge is -2.19. The van der Waals surface area contributed by atoms with Crippen molar-refractivity contribution >= 4 is 34.2 Å². The lowest BCUT2D eigenvalue weighted by atomic mass is 9.90. The van der Waals surface area contributed by atoms with E-state index in [1.165, 1.54) is 23.7 Å². The Morgan fingerprint density at radius 1 is 1.29 bits per heavy atom. The number of H-pyrrole nitrogens is 1. The summed E-state index contributed by atoms with van der Waals surface area (Å²) in [6.45, 7) is 1.19. The SMILES string of the molecule is CC(C(N)=O)c1c(F)c(C(F)(F)F)c(-c2cn3cc(NC(=O)[C@@H]4C[C@@H]4F)nc3cn2)c2cn[nH]c12. The summed E-state index contributed by atoms with van der Waals surface area (Å²) in [4.78, 5) is 31.8. The molecular weight excluding hydrogens is 477 g/mol. The molecule has 1 aliphatic rings. The fraction of sp³-hybridized carbons (Fsp3) is 0.286. The first-order valence-electron chi connectivity index (χ1n) is 10.3. The minimum Gasteiger partial charge on any atom is -0.369 e. The van der Waals surface area contributed by atoms with Crippen LogP contribution in [0.4, 0.5) is 27.8 Å². The van der Waals surface area contributed by atoms with Crippen molar-refractivity contribution in [1.29, 1.82) is 0 Å². The molecule has 0 saturated heterocycles. The Balaban J connectivity index is 1.68. The van der Waals surface area contributed by atoms with E-state index < -0.39 is 58.5 Å². The molecule has 9 nitrogen and oxygen atoms in total. The second kappa shape index (κ2) is 7.71. The number of aromatic nitrogens is 5. The van der Waals surface area contributed by atoms with Crippen LogP contribution in [0.25, 0.3) is 27.8 Å². The minimum atomic E-state index is -5.16. The third-order valence-corrected chi connectivity index (χ3v) is 5.93. The first kappa shape index (κ1) is 22.7. The molecule has 1 aromatic carbocycles. The highest BCUT2D eigenvalue weighted by atomic mass is 19.4. The van der Waals surface area contributed by atoms with E-state index in [4.69, 9.17) is 5.73 Å². The molecule has 1 aliphatic carbocycles. The fourth-order valence-corrected chi connectivity index (χ4v) is 3.99. The van der Waals surface area contributed by atoms with Crippen molar-refractivity contribution in [2.24, 2.45) is 11.7 Å². The quantitative estimate of drug-likeness (QED) is 0.367. The summed E-state index contributed by atoms with van der Waals surface area (Å²) >= 11 is 0. The van der Waals surface area contributed by atoms with Gasteiger partial charge in [0.2, 0.25) is 11.8 Å². The van der Waals surface area contributed by atoms with Crippen molar-refractivity contribution in [3.05, 3.63) is 41.7 Å². The average molecular weight is 493 g/mol. The lowest BCUT2D eigenvalue weighted by molar-refractivity contribution is -0.139. The highest BCUT2D eigenvalue weighted by molar-refractivity contribution is 6.00. The summed E-state index contributed by atoms with van der Waals surface area (Å²) in [6, 6.07) is 0. The molecule has 14 heteroatoms. The summed E-state index contributed by atoms with van der Waals surface area (Å²) in [6.07, 6.45) is -1.55. The van der Waals surface area contributed by atoms with E-state index >= 15 is 4.39 Å². The molecule has 35 heavy (non-hydrogen) atoms. The van der Waals surface area contributed by atoms with Crippen LogP contribution in [0.1, 0.15) is 30.4 Å². The molecule has 1 fully saturated rings. The number of nitrogens with zero attached hydrogens (tertiary/aromatic N) is 4. The molecule has 0 radical (unpaired) electrons. The zero-order valence-corrected chi connectivity index (χ0v) is 17.8. The Morgan fingerprint density at radius 3 is 2.63 bits per heavy atom. The molecule has 0 spiro atoms. The van der Waals surface area contributed by atoms with E-state index in [-0.39, 0.29) is 34.5 Å². The third-order valence-electron chi connectivity index (χ3n) is 5.93. The largest absolute Gasteiger partial charge is 0.419 e. The molecule has 182 valence electrons. The van der Waals surface area contributed by atoms with E-state index in [0.29, 0.717) is 0 Å². The number of anilines is 1. The summed E-state index contributed by atoms with van der Waals surface area (Å²) in [5.41, 5.74) is 2.24. The lowest BCUT2D eigenvalue weighted by Crippen LogP contribution is -2.22. The molecule has 1 saturated carbocycles. The number of hydrogen-bond acceptors (Lipinski definition) is 5. The standard InChI is InChI=1S/C21H16F5N7O2/c1-7(19(27)34)14-17(23)16(21(24,25)26)15(9-3-29-32-18(9)14)11-5-33-6-12(30-13(33)4-28-11)31-20(35)8-2-10(8)22/h3-8,10H,2H2,1H3,(H2,27,34)(H,29,32)(H,31,35)/t7?,8-,10+/m1/s1. The van der Waals surface area contributed by atoms with E-state index in [0.717, 1.165) is 12.4 Å². The Morgan fingerprint density at radius 2 is 2.00 bits per heavy atom. The molecule has 1 unspecified atom stereocenters. The number of carbonyl (C=O) groups excluding carboxylic acids is 2. The summed E-state index contributed by atoms with van der Waals surface area (Å²) < 4.78 is 72.2. The van der Waals surface area contributed by atoms with Gasteiger partial charge < -0.3 is 15.5 Å². The Kier molecular flexibility index (Phi) is 5.00. The maximum atomic E-state index is 15.4. The fourth-order valence-electron chi connectivity index (χ4n) is 3.99. The van der Waals surface area contributed by atoms with Gasteiger partial charge >= 0.3 is 6.18 Å². The number of hydrogen-bond donors (Lipinski definition) is 3. The molecule has 4 aromatic rings. The number of amides is 2. The maximum Gasteiger partial charge on any atom is 0.419 e. The van der Waals surface area contributed by atoms with Gasteiger partial charge in [-0.2, -0.15) is 18.3 Å². The number of benzene rings is 1.